The van der Waals surface area contributed by atoms with Gasteiger partial charge in [-0.25, -0.2) is 4.98 Å². The number of hydrogen-bond donors (Lipinski definition) is 0. The summed E-state index contributed by atoms with van der Waals surface area (Å²) in [5.41, 5.74) is 9.76. The van der Waals surface area contributed by atoms with E-state index in [-0.39, 0.29) is 5.41 Å². The summed E-state index contributed by atoms with van der Waals surface area (Å²) in [6.07, 6.45) is 4.94. The number of benzene rings is 6. The zero-order valence-corrected chi connectivity index (χ0v) is 28.7. The van der Waals surface area contributed by atoms with E-state index in [9.17, 15) is 0 Å². The Labute approximate surface area is 306 Å². The van der Waals surface area contributed by atoms with E-state index in [0.29, 0.717) is 17.0 Å². The molecule has 3 aromatic heterocycles. The second kappa shape index (κ2) is 11.4. The fourth-order valence-electron chi connectivity index (χ4n) is 7.95. The first-order chi connectivity index (χ1) is 26.7. The number of rotatable bonds is 5. The highest BCUT2D eigenvalue weighted by atomic mass is 16.5. The van der Waals surface area contributed by atoms with Crippen molar-refractivity contribution in [1.82, 2.24) is 14.1 Å². The summed E-state index contributed by atoms with van der Waals surface area (Å²) in [5, 5.41) is 2.20. The van der Waals surface area contributed by atoms with E-state index in [1.54, 1.807) is 10.6 Å². The highest BCUT2D eigenvalue weighted by Crippen LogP contribution is 2.51. The number of para-hydroxylation sites is 5. The summed E-state index contributed by atoms with van der Waals surface area (Å²) in [6.45, 7) is 2.22. The van der Waals surface area contributed by atoms with E-state index in [1.165, 1.54) is 15.7 Å². The molecule has 4 heterocycles. The lowest BCUT2D eigenvalue weighted by Gasteiger charge is -2.42. The largest absolute Gasteiger partial charge is 0.458 e. The van der Waals surface area contributed by atoms with Gasteiger partial charge in [0, 0.05) is 34.5 Å². The van der Waals surface area contributed by atoms with Crippen LogP contribution in [0.2, 0.25) is 0 Å². The number of ether oxygens (including phenoxy) is 1. The van der Waals surface area contributed by atoms with Crippen LogP contribution < -0.4 is 14.2 Å². The maximum absolute atomic E-state index is 8.06. The number of aryl methyl sites for hydroxylation is 1. The topological polar surface area (TPSA) is 39.1 Å². The number of aromatic nitrogens is 4. The minimum absolute atomic E-state index is 0.157. The van der Waals surface area contributed by atoms with E-state index in [0.717, 1.165) is 55.9 Å². The van der Waals surface area contributed by atoms with Crippen molar-refractivity contribution in [3.05, 3.63) is 175 Å². The van der Waals surface area contributed by atoms with Crippen molar-refractivity contribution in [2.75, 3.05) is 4.90 Å². The van der Waals surface area contributed by atoms with Crippen molar-refractivity contribution in [2.45, 2.75) is 19.3 Å². The smallest absolute Gasteiger partial charge is 0.244 e. The van der Waals surface area contributed by atoms with Gasteiger partial charge >= 0.3 is 0 Å². The molecule has 0 saturated heterocycles. The van der Waals surface area contributed by atoms with Gasteiger partial charge in [-0.1, -0.05) is 105 Å². The summed E-state index contributed by atoms with van der Waals surface area (Å²) in [6, 6.07) is 51.1. The Morgan fingerprint density at radius 1 is 0.635 bits per heavy atom. The molecule has 52 heavy (non-hydrogen) atoms. The Kier molecular flexibility index (Phi) is 5.96. The standard InChI is InChI=1S/C46H35N5O/c1-46(2)37-16-5-8-19-40(37)50(41-20-9-6-17-38(41)46)32-25-26-47-45(28-32)51-39-18-7-4-15-35(39)36-24-23-34(29-44(36)51)52-33-14-12-13-31(27-33)49-30-48(3)42-21-10-11-22-43(42)49/h4-29H,1-3H3/i3D3. The van der Waals surface area contributed by atoms with Crippen molar-refractivity contribution < 1.29 is 13.4 Å². The zero-order valence-electron chi connectivity index (χ0n) is 31.7. The first-order valence-electron chi connectivity index (χ1n) is 18.9. The van der Waals surface area contributed by atoms with Gasteiger partial charge in [0.2, 0.25) is 6.33 Å². The Bertz CT molecular complexity index is 2910. The first-order valence-corrected chi connectivity index (χ1v) is 17.4. The monoisotopic (exact) mass is 676 g/mol. The van der Waals surface area contributed by atoms with Crippen LogP contribution >= 0.6 is 0 Å². The molecule has 1 aliphatic rings. The Balaban J connectivity index is 1.08. The van der Waals surface area contributed by atoms with E-state index >= 15 is 0 Å². The predicted octanol–water partition coefficient (Wildman–Crippen LogP) is 10.6. The third-order valence-corrected chi connectivity index (χ3v) is 10.4. The number of pyridine rings is 1. The average Bonchev–Trinajstić information content (AvgIpc) is 3.75. The Hall–Kier alpha value is -6.66. The van der Waals surface area contributed by atoms with Gasteiger partial charge in [-0.15, -0.1) is 0 Å². The van der Waals surface area contributed by atoms with Gasteiger partial charge < -0.3 is 18.8 Å². The molecule has 9 aromatic rings. The van der Waals surface area contributed by atoms with Crippen LogP contribution in [0, 0.1) is 6.33 Å². The SMILES string of the molecule is [2H]C([2H])([2H])[n+]1[c-]n(-c2cccc(Oc3ccc4c5ccccc5n(-c5cc(N6c7ccccc7C(C)(C)c7ccccc76)ccn5)c4c3)c2)c2ccccc21. The molecule has 0 aliphatic carbocycles. The van der Waals surface area contributed by atoms with Crippen LogP contribution in [-0.2, 0) is 12.4 Å². The molecule has 0 amide bonds. The maximum Gasteiger partial charge on any atom is 0.244 e. The lowest BCUT2D eigenvalue weighted by molar-refractivity contribution is -0.649. The summed E-state index contributed by atoms with van der Waals surface area (Å²) in [4.78, 5) is 7.32. The van der Waals surface area contributed by atoms with Gasteiger partial charge in [0.25, 0.3) is 0 Å². The molecule has 0 spiro atoms. The molecule has 0 unspecified atom stereocenters. The minimum Gasteiger partial charge on any atom is -0.458 e. The number of hydrogen-bond acceptors (Lipinski definition) is 3. The fourth-order valence-corrected chi connectivity index (χ4v) is 7.95. The van der Waals surface area contributed by atoms with E-state index in [2.05, 4.69) is 127 Å². The maximum atomic E-state index is 8.06. The third-order valence-electron chi connectivity index (χ3n) is 10.4. The molecule has 0 saturated carbocycles. The lowest BCUT2D eigenvalue weighted by Crippen LogP contribution is -2.30. The summed E-state index contributed by atoms with van der Waals surface area (Å²) < 4.78 is 35.9. The quantitative estimate of drug-likeness (QED) is 0.135. The molecule has 1 aliphatic heterocycles. The highest BCUT2D eigenvalue weighted by Gasteiger charge is 2.36. The zero-order chi connectivity index (χ0) is 37.5. The van der Waals surface area contributed by atoms with E-state index in [1.807, 2.05) is 54.7 Å². The van der Waals surface area contributed by atoms with E-state index < -0.39 is 6.98 Å². The molecule has 0 bridgehead atoms. The lowest BCUT2D eigenvalue weighted by atomic mass is 9.73. The highest BCUT2D eigenvalue weighted by molar-refractivity contribution is 6.09. The molecule has 0 radical (unpaired) electrons. The van der Waals surface area contributed by atoms with Gasteiger partial charge in [-0.3, -0.25) is 4.57 Å². The summed E-state index contributed by atoms with van der Waals surface area (Å²) in [7, 11) is 0. The van der Waals surface area contributed by atoms with Crippen molar-refractivity contribution in [1.29, 1.82) is 0 Å². The van der Waals surface area contributed by atoms with Gasteiger partial charge in [0.1, 0.15) is 17.3 Å². The molecule has 10 rings (SSSR count). The molecule has 0 atom stereocenters. The molecule has 6 aromatic carbocycles. The second-order valence-electron chi connectivity index (χ2n) is 13.8. The number of nitrogens with zero attached hydrogens (tertiary/aromatic N) is 5. The van der Waals surface area contributed by atoms with E-state index in [4.69, 9.17) is 13.8 Å². The Morgan fingerprint density at radius 2 is 1.33 bits per heavy atom. The molecular formula is C46H35N5O. The first kappa shape index (κ1) is 27.1. The molecule has 0 N–H and O–H groups in total. The van der Waals surface area contributed by atoms with Crippen LogP contribution in [0.15, 0.2) is 158 Å². The van der Waals surface area contributed by atoms with Crippen LogP contribution in [0.5, 0.6) is 11.5 Å². The fraction of sp³-hybridized carbons (Fsp3) is 0.0870. The van der Waals surface area contributed by atoms with Crippen LogP contribution in [0.1, 0.15) is 29.1 Å². The molecule has 6 heteroatoms. The van der Waals surface area contributed by atoms with Crippen LogP contribution in [0.4, 0.5) is 17.1 Å². The van der Waals surface area contributed by atoms with Crippen molar-refractivity contribution >= 4 is 49.9 Å². The van der Waals surface area contributed by atoms with Gasteiger partial charge in [0.05, 0.1) is 55.9 Å². The van der Waals surface area contributed by atoms with Crippen molar-refractivity contribution in [3.63, 3.8) is 0 Å². The number of fused-ring (bicyclic) bond motifs is 6. The number of anilines is 3. The molecule has 0 fully saturated rings. The second-order valence-corrected chi connectivity index (χ2v) is 13.8. The molecular weight excluding hydrogens is 639 g/mol. The summed E-state index contributed by atoms with van der Waals surface area (Å²) in [5.74, 6) is 2.06. The molecule has 250 valence electrons. The van der Waals surface area contributed by atoms with Gasteiger partial charge in [-0.05, 0) is 59.7 Å². The normalized spacial score (nSPS) is 14.5. The third kappa shape index (κ3) is 4.57. The van der Waals surface area contributed by atoms with Gasteiger partial charge in [0.15, 0.2) is 0 Å². The summed E-state index contributed by atoms with van der Waals surface area (Å²) >= 11 is 0. The van der Waals surface area contributed by atoms with Crippen LogP contribution in [-0.4, -0.2) is 14.1 Å². The van der Waals surface area contributed by atoms with Crippen molar-refractivity contribution in [2.24, 2.45) is 6.98 Å². The minimum atomic E-state index is -2.37. The molecule has 6 nitrogen and oxygen atoms in total. The van der Waals surface area contributed by atoms with Gasteiger partial charge in [-0.2, -0.15) is 0 Å². The predicted molar refractivity (Wildman–Crippen MR) is 209 cm³/mol. The average molecular weight is 677 g/mol. The van der Waals surface area contributed by atoms with Crippen LogP contribution in [0.25, 0.3) is 44.3 Å². The van der Waals surface area contributed by atoms with Crippen LogP contribution in [0.3, 0.4) is 0 Å². The Morgan fingerprint density at radius 3 is 2.13 bits per heavy atom. The number of imidazole rings is 1. The van der Waals surface area contributed by atoms with Crippen molar-refractivity contribution in [3.8, 4) is 23.0 Å².